The zero-order valence-corrected chi connectivity index (χ0v) is 15.1. The summed E-state index contributed by atoms with van der Waals surface area (Å²) in [5.41, 5.74) is 1.97. The zero-order chi connectivity index (χ0) is 18.7. The van der Waals surface area contributed by atoms with Crippen LogP contribution in [0.3, 0.4) is 0 Å². The van der Waals surface area contributed by atoms with Crippen LogP contribution in [-0.2, 0) is 17.6 Å². The largest absolute Gasteiger partial charge is 0.504 e. The molecule has 3 rings (SSSR count). The van der Waals surface area contributed by atoms with Crippen LogP contribution < -0.4 is 9.47 Å². The van der Waals surface area contributed by atoms with Crippen LogP contribution >= 0.6 is 0 Å². The van der Waals surface area contributed by atoms with E-state index >= 15 is 0 Å². The quantitative estimate of drug-likeness (QED) is 0.775. The van der Waals surface area contributed by atoms with E-state index in [-0.39, 0.29) is 29.1 Å². The Bertz CT molecular complexity index is 799. The van der Waals surface area contributed by atoms with E-state index in [1.54, 1.807) is 20.3 Å². The number of carbonyl (C=O) groups is 1. The molecular formula is C21H24O5. The highest BCUT2D eigenvalue weighted by atomic mass is 16.5. The summed E-state index contributed by atoms with van der Waals surface area (Å²) in [6.45, 7) is 0. The summed E-state index contributed by atoms with van der Waals surface area (Å²) in [7, 11) is 3.22. The second-order valence-electron chi connectivity index (χ2n) is 6.79. The third-order valence-electron chi connectivity index (χ3n) is 5.19. The number of phenols is 2. The maximum atomic E-state index is 12.4. The Morgan fingerprint density at radius 1 is 0.923 bits per heavy atom. The number of rotatable bonds is 6. The van der Waals surface area contributed by atoms with E-state index in [1.807, 2.05) is 18.2 Å². The normalized spacial score (nSPS) is 19.5. The summed E-state index contributed by atoms with van der Waals surface area (Å²) in [4.78, 5) is 12.4. The van der Waals surface area contributed by atoms with Crippen LogP contribution in [0.15, 0.2) is 36.4 Å². The van der Waals surface area contributed by atoms with E-state index in [0.29, 0.717) is 24.3 Å². The highest BCUT2D eigenvalue weighted by Gasteiger charge is 2.34. The van der Waals surface area contributed by atoms with Gasteiger partial charge >= 0.3 is 0 Å². The molecule has 2 atom stereocenters. The van der Waals surface area contributed by atoms with Gasteiger partial charge in [-0.2, -0.15) is 0 Å². The first-order valence-electron chi connectivity index (χ1n) is 8.76. The molecule has 26 heavy (non-hydrogen) atoms. The summed E-state index contributed by atoms with van der Waals surface area (Å²) in [6, 6.07) is 10.6. The summed E-state index contributed by atoms with van der Waals surface area (Å²) in [5.74, 6) is 1.52. The minimum Gasteiger partial charge on any atom is -0.504 e. The lowest BCUT2D eigenvalue weighted by Crippen LogP contribution is -2.19. The molecule has 1 aliphatic carbocycles. The van der Waals surface area contributed by atoms with Crippen LogP contribution in [0.4, 0.5) is 0 Å². The fourth-order valence-electron chi connectivity index (χ4n) is 3.76. The van der Waals surface area contributed by atoms with Gasteiger partial charge < -0.3 is 19.7 Å². The Balaban J connectivity index is 1.76. The van der Waals surface area contributed by atoms with Crippen molar-refractivity contribution in [3.05, 3.63) is 47.5 Å². The molecule has 138 valence electrons. The summed E-state index contributed by atoms with van der Waals surface area (Å²) >= 11 is 0. The molecule has 0 spiro atoms. The van der Waals surface area contributed by atoms with Crippen LogP contribution in [0.5, 0.6) is 23.0 Å². The van der Waals surface area contributed by atoms with Gasteiger partial charge in [-0.3, -0.25) is 4.79 Å². The number of ether oxygens (including phenoxy) is 2. The van der Waals surface area contributed by atoms with Crippen molar-refractivity contribution in [2.24, 2.45) is 11.8 Å². The van der Waals surface area contributed by atoms with Crippen molar-refractivity contribution >= 4 is 5.78 Å². The smallest absolute Gasteiger partial charge is 0.160 e. The van der Waals surface area contributed by atoms with Crippen LogP contribution in [0, 0.1) is 11.8 Å². The second kappa shape index (κ2) is 7.68. The maximum Gasteiger partial charge on any atom is 0.160 e. The van der Waals surface area contributed by atoms with E-state index in [4.69, 9.17) is 9.47 Å². The third kappa shape index (κ3) is 3.77. The van der Waals surface area contributed by atoms with E-state index in [9.17, 15) is 15.0 Å². The Morgan fingerprint density at radius 3 is 2.31 bits per heavy atom. The Labute approximate surface area is 153 Å². The molecule has 0 unspecified atom stereocenters. The first kappa shape index (κ1) is 18.1. The number of aromatic hydroxyl groups is 2. The van der Waals surface area contributed by atoms with Crippen LogP contribution in [0.25, 0.3) is 0 Å². The van der Waals surface area contributed by atoms with Crippen molar-refractivity contribution in [1.82, 2.24) is 0 Å². The first-order valence-corrected chi connectivity index (χ1v) is 8.76. The molecule has 0 saturated heterocycles. The molecule has 1 fully saturated rings. The number of carbonyl (C=O) groups excluding carboxylic acids is 1. The van der Waals surface area contributed by atoms with E-state index in [0.717, 1.165) is 24.0 Å². The van der Waals surface area contributed by atoms with Gasteiger partial charge in [-0.25, -0.2) is 0 Å². The molecule has 0 heterocycles. The fourth-order valence-corrected chi connectivity index (χ4v) is 3.76. The zero-order valence-electron chi connectivity index (χ0n) is 15.1. The highest BCUT2D eigenvalue weighted by molar-refractivity contribution is 5.83. The second-order valence-corrected chi connectivity index (χ2v) is 6.79. The van der Waals surface area contributed by atoms with Crippen LogP contribution in [0.1, 0.15) is 24.0 Å². The molecule has 2 N–H and O–H groups in total. The van der Waals surface area contributed by atoms with Gasteiger partial charge in [-0.15, -0.1) is 0 Å². The van der Waals surface area contributed by atoms with Crippen molar-refractivity contribution < 1.29 is 24.5 Å². The van der Waals surface area contributed by atoms with E-state index < -0.39 is 0 Å². The van der Waals surface area contributed by atoms with Crippen LogP contribution in [0.2, 0.25) is 0 Å². The van der Waals surface area contributed by atoms with Crippen molar-refractivity contribution in [1.29, 1.82) is 0 Å². The van der Waals surface area contributed by atoms with Gasteiger partial charge in [-0.05, 0) is 60.6 Å². The summed E-state index contributed by atoms with van der Waals surface area (Å²) in [6.07, 6.45) is 2.82. The molecule has 5 nitrogen and oxygen atoms in total. The molecule has 0 bridgehead atoms. The van der Waals surface area contributed by atoms with Crippen molar-refractivity contribution in [2.75, 3.05) is 14.2 Å². The lowest BCUT2D eigenvalue weighted by Gasteiger charge is -2.19. The minimum atomic E-state index is -0.149. The molecule has 0 amide bonds. The summed E-state index contributed by atoms with van der Waals surface area (Å²) in [5, 5.41) is 19.1. The molecule has 1 saturated carbocycles. The molecule has 5 heteroatoms. The Kier molecular flexibility index (Phi) is 5.35. The topological polar surface area (TPSA) is 76.0 Å². The molecule has 0 aliphatic heterocycles. The predicted octanol–water partition coefficient (Wildman–Crippen LogP) is 3.50. The average molecular weight is 356 g/mol. The molecule has 2 aromatic rings. The Morgan fingerprint density at radius 2 is 1.62 bits per heavy atom. The van der Waals surface area contributed by atoms with Crippen molar-refractivity contribution in [2.45, 2.75) is 25.7 Å². The van der Waals surface area contributed by atoms with Gasteiger partial charge in [0.05, 0.1) is 14.2 Å². The molecule has 2 aromatic carbocycles. The molecule has 0 aromatic heterocycles. The van der Waals surface area contributed by atoms with Gasteiger partial charge in [-0.1, -0.05) is 12.1 Å². The SMILES string of the molecule is COc1ccc(C[C@H]2CCC(=O)[C@@H]2Cc2ccc(O)c(O)c2)cc1OC. The van der Waals surface area contributed by atoms with E-state index in [2.05, 4.69) is 0 Å². The van der Waals surface area contributed by atoms with Gasteiger partial charge in [0.2, 0.25) is 0 Å². The lowest BCUT2D eigenvalue weighted by atomic mass is 9.85. The summed E-state index contributed by atoms with van der Waals surface area (Å²) < 4.78 is 10.6. The number of benzene rings is 2. The predicted molar refractivity (Wildman–Crippen MR) is 97.9 cm³/mol. The first-order chi connectivity index (χ1) is 12.5. The highest BCUT2D eigenvalue weighted by Crippen LogP contribution is 2.37. The van der Waals surface area contributed by atoms with Crippen molar-refractivity contribution in [3.8, 4) is 23.0 Å². The van der Waals surface area contributed by atoms with Crippen molar-refractivity contribution in [3.63, 3.8) is 0 Å². The lowest BCUT2D eigenvalue weighted by molar-refractivity contribution is -0.121. The van der Waals surface area contributed by atoms with Gasteiger partial charge in [0.1, 0.15) is 5.78 Å². The number of methoxy groups -OCH3 is 2. The average Bonchev–Trinajstić information content (AvgIpc) is 2.98. The number of hydrogen-bond acceptors (Lipinski definition) is 5. The number of Topliss-reactive ketones (excluding diaryl/α,β-unsaturated/α-hetero) is 1. The Hall–Kier alpha value is -2.69. The minimum absolute atomic E-state index is 0.0768. The maximum absolute atomic E-state index is 12.4. The number of phenolic OH excluding ortho intramolecular Hbond substituents is 2. The van der Waals surface area contributed by atoms with Gasteiger partial charge in [0.25, 0.3) is 0 Å². The molecule has 1 aliphatic rings. The van der Waals surface area contributed by atoms with Gasteiger partial charge in [0.15, 0.2) is 23.0 Å². The fraction of sp³-hybridized carbons (Fsp3) is 0.381. The van der Waals surface area contributed by atoms with Crippen LogP contribution in [-0.4, -0.2) is 30.2 Å². The molecule has 0 radical (unpaired) electrons. The number of ketones is 1. The van der Waals surface area contributed by atoms with Gasteiger partial charge in [0, 0.05) is 12.3 Å². The monoisotopic (exact) mass is 356 g/mol. The standard InChI is InChI=1S/C21H24O5/c1-25-20-8-4-13(12-21(20)26-2)9-15-5-7-17(22)16(15)10-14-3-6-18(23)19(24)11-14/h3-4,6,8,11-12,15-16,23-24H,5,7,9-10H2,1-2H3/t15-,16-/m1/s1. The third-order valence-corrected chi connectivity index (χ3v) is 5.19. The number of hydrogen-bond donors (Lipinski definition) is 2. The molecular weight excluding hydrogens is 332 g/mol. The van der Waals surface area contributed by atoms with E-state index in [1.165, 1.54) is 12.1 Å².